The number of hydrogen-bond acceptors (Lipinski definition) is 2. The maximum absolute atomic E-state index is 9.12. The molecule has 14 heavy (non-hydrogen) atoms. The van der Waals surface area contributed by atoms with Crippen LogP contribution in [0.3, 0.4) is 0 Å². The molecule has 1 atom stereocenters. The van der Waals surface area contributed by atoms with Crippen LogP contribution in [-0.4, -0.2) is 18.3 Å². The van der Waals surface area contributed by atoms with Gasteiger partial charge in [-0.1, -0.05) is 24.6 Å². The average Bonchev–Trinajstić information content (AvgIpc) is 2.20. The molecule has 0 aliphatic carbocycles. The third-order valence-electron chi connectivity index (χ3n) is 2.27. The van der Waals surface area contributed by atoms with Crippen molar-refractivity contribution in [1.82, 2.24) is 0 Å². The summed E-state index contributed by atoms with van der Waals surface area (Å²) in [6.07, 6.45) is 0. The van der Waals surface area contributed by atoms with E-state index in [1.165, 1.54) is 5.56 Å². The van der Waals surface area contributed by atoms with E-state index in [2.05, 4.69) is 6.07 Å². The molecule has 1 rings (SSSR count). The monoisotopic (exact) mass is 194 g/mol. The van der Waals surface area contributed by atoms with Crippen LogP contribution in [0, 0.1) is 6.92 Å². The van der Waals surface area contributed by atoms with Crippen molar-refractivity contribution in [2.75, 3.05) is 13.2 Å². The van der Waals surface area contributed by atoms with Crippen molar-refractivity contribution in [1.29, 1.82) is 0 Å². The van der Waals surface area contributed by atoms with Gasteiger partial charge in [0.25, 0.3) is 0 Å². The zero-order valence-corrected chi connectivity index (χ0v) is 9.08. The Hall–Kier alpha value is -1.02. The zero-order chi connectivity index (χ0) is 10.6. The van der Waals surface area contributed by atoms with Gasteiger partial charge in [0.2, 0.25) is 0 Å². The summed E-state index contributed by atoms with van der Waals surface area (Å²) in [4.78, 5) is 0. The fourth-order valence-electron chi connectivity index (χ4n) is 1.44. The highest BCUT2D eigenvalue weighted by Crippen LogP contribution is 2.27. The van der Waals surface area contributed by atoms with E-state index in [9.17, 15) is 0 Å². The molecule has 0 fully saturated rings. The van der Waals surface area contributed by atoms with E-state index >= 15 is 0 Å². The summed E-state index contributed by atoms with van der Waals surface area (Å²) >= 11 is 0. The molecule has 1 N–H and O–H groups in total. The summed E-state index contributed by atoms with van der Waals surface area (Å²) in [6, 6.07) is 6.07. The van der Waals surface area contributed by atoms with Crippen LogP contribution in [0.25, 0.3) is 0 Å². The number of rotatable bonds is 4. The van der Waals surface area contributed by atoms with Gasteiger partial charge in [-0.15, -0.1) is 0 Å². The summed E-state index contributed by atoms with van der Waals surface area (Å²) < 4.78 is 5.50. The molecule has 0 heterocycles. The van der Waals surface area contributed by atoms with Crippen molar-refractivity contribution in [3.8, 4) is 5.75 Å². The quantitative estimate of drug-likeness (QED) is 0.798. The van der Waals surface area contributed by atoms with Gasteiger partial charge in [-0.05, 0) is 25.5 Å². The molecule has 78 valence electrons. The molecule has 0 bridgehead atoms. The van der Waals surface area contributed by atoms with Crippen LogP contribution in [0.1, 0.15) is 30.9 Å². The van der Waals surface area contributed by atoms with Gasteiger partial charge >= 0.3 is 0 Å². The lowest BCUT2D eigenvalue weighted by Gasteiger charge is -2.15. The normalized spacial score (nSPS) is 12.6. The van der Waals surface area contributed by atoms with Crippen LogP contribution < -0.4 is 4.74 Å². The maximum Gasteiger partial charge on any atom is 0.122 e. The highest BCUT2D eigenvalue weighted by atomic mass is 16.5. The van der Waals surface area contributed by atoms with Crippen LogP contribution in [0.5, 0.6) is 5.75 Å². The Morgan fingerprint density at radius 2 is 2.14 bits per heavy atom. The lowest BCUT2D eigenvalue weighted by atomic mass is 9.99. The number of benzene rings is 1. The number of aryl methyl sites for hydroxylation is 1. The van der Waals surface area contributed by atoms with Gasteiger partial charge in [-0.3, -0.25) is 0 Å². The second-order valence-electron chi connectivity index (χ2n) is 3.56. The molecule has 0 spiro atoms. The molecular formula is C12H18O2. The van der Waals surface area contributed by atoms with E-state index in [4.69, 9.17) is 9.84 Å². The molecule has 0 aliphatic heterocycles. The number of hydrogen-bond donors (Lipinski definition) is 1. The second-order valence-corrected chi connectivity index (χ2v) is 3.56. The molecule has 0 saturated carbocycles. The minimum absolute atomic E-state index is 0.136. The van der Waals surface area contributed by atoms with E-state index in [0.29, 0.717) is 6.61 Å². The molecule has 1 unspecified atom stereocenters. The topological polar surface area (TPSA) is 29.5 Å². The summed E-state index contributed by atoms with van der Waals surface area (Å²) in [5, 5.41) is 9.12. The van der Waals surface area contributed by atoms with Crippen molar-refractivity contribution >= 4 is 0 Å². The number of aliphatic hydroxyl groups excluding tert-OH is 1. The standard InChI is InChI=1S/C12H18O2/c1-4-14-12-6-5-9(2)7-11(12)10(3)8-13/h5-7,10,13H,4,8H2,1-3H3. The van der Waals surface area contributed by atoms with E-state index in [1.807, 2.05) is 32.9 Å². The highest BCUT2D eigenvalue weighted by molar-refractivity contribution is 5.39. The molecule has 0 radical (unpaired) electrons. The minimum Gasteiger partial charge on any atom is -0.494 e. The average molecular weight is 194 g/mol. The molecule has 1 aromatic carbocycles. The third-order valence-corrected chi connectivity index (χ3v) is 2.27. The highest BCUT2D eigenvalue weighted by Gasteiger charge is 2.10. The first-order chi connectivity index (χ1) is 6.69. The zero-order valence-electron chi connectivity index (χ0n) is 9.08. The summed E-state index contributed by atoms with van der Waals surface area (Å²) in [5.41, 5.74) is 2.29. The first-order valence-electron chi connectivity index (χ1n) is 5.03. The van der Waals surface area contributed by atoms with Crippen LogP contribution in [-0.2, 0) is 0 Å². The first kappa shape index (κ1) is 11.1. The van der Waals surface area contributed by atoms with Crippen molar-refractivity contribution in [3.05, 3.63) is 29.3 Å². The Kier molecular flexibility index (Phi) is 3.96. The number of aliphatic hydroxyl groups is 1. The van der Waals surface area contributed by atoms with E-state index in [0.717, 1.165) is 11.3 Å². The predicted octanol–water partition coefficient (Wildman–Crippen LogP) is 2.49. The largest absolute Gasteiger partial charge is 0.494 e. The molecule has 0 aromatic heterocycles. The minimum atomic E-state index is 0.136. The Labute approximate surface area is 85.5 Å². The van der Waals surface area contributed by atoms with Crippen LogP contribution in [0.2, 0.25) is 0 Å². The van der Waals surface area contributed by atoms with Gasteiger partial charge in [0.15, 0.2) is 0 Å². The van der Waals surface area contributed by atoms with Crippen molar-refractivity contribution < 1.29 is 9.84 Å². The van der Waals surface area contributed by atoms with E-state index in [-0.39, 0.29) is 12.5 Å². The van der Waals surface area contributed by atoms with E-state index < -0.39 is 0 Å². The van der Waals surface area contributed by atoms with Crippen LogP contribution in [0.4, 0.5) is 0 Å². The molecule has 0 saturated heterocycles. The van der Waals surface area contributed by atoms with Gasteiger partial charge in [-0.2, -0.15) is 0 Å². The van der Waals surface area contributed by atoms with Crippen molar-refractivity contribution in [3.63, 3.8) is 0 Å². The lowest BCUT2D eigenvalue weighted by molar-refractivity contribution is 0.266. The molecule has 2 heteroatoms. The fourth-order valence-corrected chi connectivity index (χ4v) is 1.44. The van der Waals surface area contributed by atoms with E-state index in [1.54, 1.807) is 0 Å². The SMILES string of the molecule is CCOc1ccc(C)cc1C(C)CO. The van der Waals surface area contributed by atoms with Crippen molar-refractivity contribution in [2.24, 2.45) is 0 Å². The van der Waals surface area contributed by atoms with Gasteiger partial charge in [0.1, 0.15) is 5.75 Å². The van der Waals surface area contributed by atoms with Crippen LogP contribution in [0.15, 0.2) is 18.2 Å². The van der Waals surface area contributed by atoms with Gasteiger partial charge in [0.05, 0.1) is 6.61 Å². The Balaban J connectivity index is 3.02. The second kappa shape index (κ2) is 5.01. The first-order valence-corrected chi connectivity index (χ1v) is 5.03. The lowest BCUT2D eigenvalue weighted by Crippen LogP contribution is -2.03. The third kappa shape index (κ3) is 2.48. The molecule has 2 nitrogen and oxygen atoms in total. The van der Waals surface area contributed by atoms with Crippen LogP contribution >= 0.6 is 0 Å². The number of ether oxygens (including phenoxy) is 1. The van der Waals surface area contributed by atoms with Gasteiger partial charge in [0, 0.05) is 12.5 Å². The predicted molar refractivity (Wildman–Crippen MR) is 57.8 cm³/mol. The van der Waals surface area contributed by atoms with Crippen molar-refractivity contribution in [2.45, 2.75) is 26.7 Å². The maximum atomic E-state index is 9.12. The Morgan fingerprint density at radius 3 is 2.71 bits per heavy atom. The summed E-state index contributed by atoms with van der Waals surface area (Å²) in [6.45, 7) is 6.82. The fraction of sp³-hybridized carbons (Fsp3) is 0.500. The molecule has 1 aromatic rings. The van der Waals surface area contributed by atoms with Gasteiger partial charge < -0.3 is 9.84 Å². The molecular weight excluding hydrogens is 176 g/mol. The Bertz CT molecular complexity index is 294. The molecule has 0 aliphatic rings. The summed E-state index contributed by atoms with van der Waals surface area (Å²) in [5.74, 6) is 1.02. The summed E-state index contributed by atoms with van der Waals surface area (Å²) in [7, 11) is 0. The smallest absolute Gasteiger partial charge is 0.122 e. The van der Waals surface area contributed by atoms with Gasteiger partial charge in [-0.25, -0.2) is 0 Å². The Morgan fingerprint density at radius 1 is 1.43 bits per heavy atom. The molecule has 0 amide bonds.